The molecular weight excluding hydrogens is 393 g/mol. The normalized spacial score (nSPS) is 12.8. The molecule has 152 valence electrons. The van der Waals surface area contributed by atoms with Gasteiger partial charge in [0.15, 0.2) is 0 Å². The standard InChI is InChI=1S/C19H15F7O2/c1-10-8-11(2)15(12-4-6-13(7-5-12)16(27)28-3)14(9-10)17(20,18(21,22)23)19(24,25)26/h4-9H,1-3H3. The van der Waals surface area contributed by atoms with Gasteiger partial charge < -0.3 is 4.74 Å². The van der Waals surface area contributed by atoms with Crippen LogP contribution < -0.4 is 0 Å². The maximum atomic E-state index is 14.8. The summed E-state index contributed by atoms with van der Waals surface area (Å²) in [6, 6.07) is 6.51. The molecule has 0 saturated carbocycles. The minimum atomic E-state index is -6.23. The molecule has 2 aromatic rings. The molecule has 0 radical (unpaired) electrons. The molecule has 0 bridgehead atoms. The first kappa shape index (κ1) is 21.7. The number of hydrogen-bond donors (Lipinski definition) is 0. The van der Waals surface area contributed by atoms with Crippen LogP contribution in [0.3, 0.4) is 0 Å². The maximum absolute atomic E-state index is 14.8. The van der Waals surface area contributed by atoms with E-state index in [0.717, 1.165) is 19.2 Å². The molecule has 0 atom stereocenters. The number of rotatable bonds is 3. The number of aryl methyl sites for hydroxylation is 2. The van der Waals surface area contributed by atoms with Crippen molar-refractivity contribution in [1.82, 2.24) is 0 Å². The molecule has 0 aliphatic heterocycles. The van der Waals surface area contributed by atoms with Crippen molar-refractivity contribution in [3.63, 3.8) is 0 Å². The molecule has 0 aliphatic rings. The highest BCUT2D eigenvalue weighted by Gasteiger charge is 2.74. The van der Waals surface area contributed by atoms with Crippen LogP contribution in [0.4, 0.5) is 30.7 Å². The summed E-state index contributed by atoms with van der Waals surface area (Å²) < 4.78 is 99.1. The van der Waals surface area contributed by atoms with E-state index in [9.17, 15) is 35.5 Å². The van der Waals surface area contributed by atoms with Gasteiger partial charge in [-0.05, 0) is 42.7 Å². The highest BCUT2D eigenvalue weighted by Crippen LogP contribution is 2.55. The summed E-state index contributed by atoms with van der Waals surface area (Å²) in [7, 11) is 1.11. The number of methoxy groups -OCH3 is 1. The molecule has 0 heterocycles. The zero-order chi connectivity index (χ0) is 21.5. The summed E-state index contributed by atoms with van der Waals surface area (Å²) in [5.74, 6) is -0.738. The lowest BCUT2D eigenvalue weighted by Gasteiger charge is -2.32. The Morgan fingerprint density at radius 1 is 0.857 bits per heavy atom. The van der Waals surface area contributed by atoms with Crippen LogP contribution in [0.5, 0.6) is 0 Å². The third-order valence-electron chi connectivity index (χ3n) is 4.23. The number of esters is 1. The quantitative estimate of drug-likeness (QED) is 0.457. The molecule has 2 rings (SSSR count). The SMILES string of the molecule is COC(=O)c1ccc(-c2c(C)cc(C)cc2C(F)(C(F)(F)F)C(F)(F)F)cc1. The van der Waals surface area contributed by atoms with E-state index in [1.54, 1.807) is 0 Å². The van der Waals surface area contributed by atoms with Crippen molar-refractivity contribution in [2.24, 2.45) is 0 Å². The summed E-state index contributed by atoms with van der Waals surface area (Å²) in [4.78, 5) is 11.5. The minimum Gasteiger partial charge on any atom is -0.465 e. The second kappa shape index (κ2) is 7.10. The molecular formula is C19H15F7O2. The second-order valence-electron chi connectivity index (χ2n) is 6.23. The Bertz CT molecular complexity index is 867. The van der Waals surface area contributed by atoms with Gasteiger partial charge in [-0.1, -0.05) is 29.8 Å². The van der Waals surface area contributed by atoms with Crippen LogP contribution >= 0.6 is 0 Å². The lowest BCUT2D eigenvalue weighted by molar-refractivity contribution is -0.348. The fourth-order valence-electron chi connectivity index (χ4n) is 2.98. The van der Waals surface area contributed by atoms with Crippen LogP contribution in [0.2, 0.25) is 0 Å². The van der Waals surface area contributed by atoms with Crippen molar-refractivity contribution >= 4 is 5.97 Å². The van der Waals surface area contributed by atoms with Crippen LogP contribution in [-0.2, 0) is 10.4 Å². The number of carbonyl (C=O) groups is 1. The Morgan fingerprint density at radius 3 is 1.79 bits per heavy atom. The van der Waals surface area contributed by atoms with Crippen LogP contribution in [0.1, 0.15) is 27.0 Å². The molecule has 0 aliphatic carbocycles. The van der Waals surface area contributed by atoms with Crippen molar-refractivity contribution in [1.29, 1.82) is 0 Å². The first-order valence-corrected chi connectivity index (χ1v) is 7.87. The molecule has 9 heteroatoms. The van der Waals surface area contributed by atoms with E-state index in [-0.39, 0.29) is 22.3 Å². The van der Waals surface area contributed by atoms with E-state index in [1.165, 1.54) is 32.0 Å². The van der Waals surface area contributed by atoms with Gasteiger partial charge in [0.05, 0.1) is 12.7 Å². The molecule has 0 spiro atoms. The molecule has 0 fully saturated rings. The number of benzene rings is 2. The fraction of sp³-hybridized carbons (Fsp3) is 0.316. The minimum absolute atomic E-state index is 0.0244. The highest BCUT2D eigenvalue weighted by molar-refractivity contribution is 5.90. The predicted octanol–water partition coefficient (Wildman–Crippen LogP) is 6.05. The number of alkyl halides is 7. The topological polar surface area (TPSA) is 26.3 Å². The van der Waals surface area contributed by atoms with Crippen LogP contribution in [0.25, 0.3) is 11.1 Å². The van der Waals surface area contributed by atoms with Crippen molar-refractivity contribution in [2.75, 3.05) is 7.11 Å². The van der Waals surface area contributed by atoms with Crippen LogP contribution in [0.15, 0.2) is 36.4 Å². The summed E-state index contributed by atoms with van der Waals surface area (Å²) in [6.07, 6.45) is -12.5. The number of carbonyl (C=O) groups excluding carboxylic acids is 1. The van der Waals surface area contributed by atoms with Gasteiger partial charge in [-0.2, -0.15) is 26.3 Å². The molecule has 0 aromatic heterocycles. The van der Waals surface area contributed by atoms with E-state index in [4.69, 9.17) is 0 Å². The number of halogens is 7. The monoisotopic (exact) mass is 408 g/mol. The Balaban J connectivity index is 2.82. The first-order chi connectivity index (χ1) is 12.7. The van der Waals surface area contributed by atoms with Gasteiger partial charge in [0.25, 0.3) is 0 Å². The molecule has 2 nitrogen and oxygen atoms in total. The van der Waals surface area contributed by atoms with Gasteiger partial charge in [-0.25, -0.2) is 9.18 Å². The van der Waals surface area contributed by atoms with Gasteiger partial charge in [0.1, 0.15) is 0 Å². The average Bonchev–Trinajstić information content (AvgIpc) is 2.58. The number of hydrogen-bond acceptors (Lipinski definition) is 2. The maximum Gasteiger partial charge on any atom is 0.435 e. The molecule has 0 amide bonds. The number of ether oxygens (including phenoxy) is 1. The van der Waals surface area contributed by atoms with Crippen LogP contribution in [-0.4, -0.2) is 25.4 Å². The zero-order valence-electron chi connectivity index (χ0n) is 14.9. The van der Waals surface area contributed by atoms with Gasteiger partial charge >= 0.3 is 24.0 Å². The summed E-state index contributed by atoms with van der Waals surface area (Å²) in [6.45, 7) is 2.56. The van der Waals surface area contributed by atoms with Crippen molar-refractivity contribution in [2.45, 2.75) is 31.9 Å². The predicted molar refractivity (Wildman–Crippen MR) is 87.6 cm³/mol. The Labute approximate surface area is 155 Å². The highest BCUT2D eigenvalue weighted by atomic mass is 19.4. The first-order valence-electron chi connectivity index (χ1n) is 7.87. The summed E-state index contributed by atoms with van der Waals surface area (Å²) >= 11 is 0. The van der Waals surface area contributed by atoms with E-state index in [2.05, 4.69) is 4.74 Å². The molecule has 0 unspecified atom stereocenters. The summed E-state index contributed by atoms with van der Waals surface area (Å²) in [5, 5.41) is 0. The molecule has 0 N–H and O–H groups in total. The van der Waals surface area contributed by atoms with Crippen molar-refractivity contribution in [3.8, 4) is 11.1 Å². The third kappa shape index (κ3) is 3.57. The third-order valence-corrected chi connectivity index (χ3v) is 4.23. The molecule has 2 aromatic carbocycles. The van der Waals surface area contributed by atoms with E-state index in [1.807, 2.05) is 0 Å². The Hall–Kier alpha value is -2.58. The van der Waals surface area contributed by atoms with Crippen LogP contribution in [0, 0.1) is 13.8 Å². The largest absolute Gasteiger partial charge is 0.465 e. The van der Waals surface area contributed by atoms with Gasteiger partial charge in [0.2, 0.25) is 0 Å². The van der Waals surface area contributed by atoms with E-state index < -0.39 is 35.1 Å². The fourth-order valence-corrected chi connectivity index (χ4v) is 2.98. The van der Waals surface area contributed by atoms with Gasteiger partial charge in [0, 0.05) is 5.56 Å². The smallest absolute Gasteiger partial charge is 0.435 e. The zero-order valence-corrected chi connectivity index (χ0v) is 14.9. The van der Waals surface area contributed by atoms with Crippen molar-refractivity contribution in [3.05, 3.63) is 58.7 Å². The summed E-state index contributed by atoms with van der Waals surface area (Å²) in [5.41, 5.74) is -7.65. The lowest BCUT2D eigenvalue weighted by Crippen LogP contribution is -2.50. The van der Waals surface area contributed by atoms with E-state index in [0.29, 0.717) is 6.07 Å². The Kier molecular flexibility index (Phi) is 5.51. The van der Waals surface area contributed by atoms with E-state index >= 15 is 0 Å². The van der Waals surface area contributed by atoms with Crippen molar-refractivity contribution < 1.29 is 40.3 Å². The molecule has 28 heavy (non-hydrogen) atoms. The lowest BCUT2D eigenvalue weighted by atomic mass is 9.83. The molecule has 0 saturated heterocycles. The van der Waals surface area contributed by atoms with Gasteiger partial charge in [-0.3, -0.25) is 0 Å². The second-order valence-corrected chi connectivity index (χ2v) is 6.23. The average molecular weight is 408 g/mol. The Morgan fingerprint density at radius 2 is 1.36 bits per heavy atom. The van der Waals surface area contributed by atoms with Gasteiger partial charge in [-0.15, -0.1) is 0 Å².